The van der Waals surface area contributed by atoms with Crippen molar-refractivity contribution in [2.45, 2.75) is 19.3 Å². The molecule has 0 aromatic heterocycles. The van der Waals surface area contributed by atoms with Crippen molar-refractivity contribution < 1.29 is 24.2 Å². The molecule has 0 heterocycles. The highest BCUT2D eigenvalue weighted by Gasteiger charge is 2.11. The Morgan fingerprint density at radius 2 is 2.00 bits per heavy atom. The molecule has 1 aromatic carbocycles. The van der Waals surface area contributed by atoms with Crippen molar-refractivity contribution >= 4 is 39.5 Å². The van der Waals surface area contributed by atoms with Crippen LogP contribution in [0, 0.1) is 0 Å². The van der Waals surface area contributed by atoms with Crippen molar-refractivity contribution in [2.75, 3.05) is 12.4 Å². The van der Waals surface area contributed by atoms with Gasteiger partial charge in [-0.2, -0.15) is 0 Å². The van der Waals surface area contributed by atoms with Gasteiger partial charge in [0.2, 0.25) is 5.91 Å². The van der Waals surface area contributed by atoms with E-state index in [4.69, 9.17) is 9.84 Å². The Kier molecular flexibility index (Phi) is 6.67. The SMILES string of the molecule is COc1ccc(Br)c(NC(=O)NC(=O)CCCC(=O)O)c1. The van der Waals surface area contributed by atoms with E-state index < -0.39 is 17.9 Å². The molecular formula is C13H15BrN2O5. The molecule has 1 rings (SSSR count). The number of carbonyl (C=O) groups excluding carboxylic acids is 2. The zero-order valence-corrected chi connectivity index (χ0v) is 12.9. The predicted octanol–water partition coefficient (Wildman–Crippen LogP) is 2.36. The third-order valence-electron chi connectivity index (χ3n) is 2.47. The van der Waals surface area contributed by atoms with Gasteiger partial charge in [0.15, 0.2) is 0 Å². The quantitative estimate of drug-likeness (QED) is 0.723. The first-order valence-corrected chi connectivity index (χ1v) is 6.88. The summed E-state index contributed by atoms with van der Waals surface area (Å²) in [6, 6.07) is 4.32. The summed E-state index contributed by atoms with van der Waals surface area (Å²) in [5, 5.41) is 13.1. The van der Waals surface area contributed by atoms with E-state index in [1.165, 1.54) is 7.11 Å². The summed E-state index contributed by atoms with van der Waals surface area (Å²) in [7, 11) is 1.50. The first-order valence-electron chi connectivity index (χ1n) is 6.08. The number of methoxy groups -OCH3 is 1. The Morgan fingerprint density at radius 1 is 1.29 bits per heavy atom. The predicted molar refractivity (Wildman–Crippen MR) is 79.3 cm³/mol. The van der Waals surface area contributed by atoms with Crippen LogP contribution in [0.3, 0.4) is 0 Å². The zero-order chi connectivity index (χ0) is 15.8. The number of carbonyl (C=O) groups is 3. The minimum absolute atomic E-state index is 0.0288. The number of hydrogen-bond acceptors (Lipinski definition) is 4. The van der Waals surface area contributed by atoms with Crippen LogP contribution in [0.5, 0.6) is 5.75 Å². The van der Waals surface area contributed by atoms with Crippen molar-refractivity contribution in [2.24, 2.45) is 0 Å². The number of benzene rings is 1. The molecule has 0 aliphatic rings. The van der Waals surface area contributed by atoms with Crippen molar-refractivity contribution in [3.8, 4) is 5.75 Å². The van der Waals surface area contributed by atoms with Gasteiger partial charge in [-0.1, -0.05) is 0 Å². The normalized spacial score (nSPS) is 9.81. The third-order valence-corrected chi connectivity index (χ3v) is 3.16. The van der Waals surface area contributed by atoms with Gasteiger partial charge in [0, 0.05) is 23.4 Å². The Morgan fingerprint density at radius 3 is 2.62 bits per heavy atom. The molecule has 1 aromatic rings. The van der Waals surface area contributed by atoms with Crippen LogP contribution in [0.1, 0.15) is 19.3 Å². The van der Waals surface area contributed by atoms with E-state index in [0.717, 1.165) is 0 Å². The Hall–Kier alpha value is -2.09. The van der Waals surface area contributed by atoms with E-state index in [9.17, 15) is 14.4 Å². The van der Waals surface area contributed by atoms with Crippen LogP contribution in [0.15, 0.2) is 22.7 Å². The molecule has 0 fully saturated rings. The van der Waals surface area contributed by atoms with Crippen molar-refractivity contribution in [1.82, 2.24) is 5.32 Å². The standard InChI is InChI=1S/C13H15BrN2O5/c1-21-8-5-6-9(14)10(7-8)15-13(20)16-11(17)3-2-4-12(18)19/h5-7H,2-4H2,1H3,(H,18,19)(H2,15,16,17,20). The summed E-state index contributed by atoms with van der Waals surface area (Å²) in [4.78, 5) is 33.4. The molecule has 8 heteroatoms. The van der Waals surface area contributed by atoms with Gasteiger partial charge in [-0.15, -0.1) is 0 Å². The minimum Gasteiger partial charge on any atom is -0.497 e. The van der Waals surface area contributed by atoms with E-state index in [1.54, 1.807) is 18.2 Å². The monoisotopic (exact) mass is 358 g/mol. The molecule has 0 atom stereocenters. The van der Waals surface area contributed by atoms with Gasteiger partial charge in [-0.25, -0.2) is 4.79 Å². The highest BCUT2D eigenvalue weighted by molar-refractivity contribution is 9.10. The lowest BCUT2D eigenvalue weighted by atomic mass is 10.2. The molecule has 0 aliphatic carbocycles. The van der Waals surface area contributed by atoms with Crippen molar-refractivity contribution in [3.05, 3.63) is 22.7 Å². The number of carboxylic acid groups (broad SMARTS) is 1. The molecule has 0 bridgehead atoms. The molecule has 0 spiro atoms. The fourth-order valence-corrected chi connectivity index (χ4v) is 1.82. The topological polar surface area (TPSA) is 105 Å². The largest absolute Gasteiger partial charge is 0.497 e. The van der Waals surface area contributed by atoms with E-state index in [2.05, 4.69) is 26.6 Å². The number of halogens is 1. The Labute approximate surface area is 129 Å². The van der Waals surface area contributed by atoms with Gasteiger partial charge in [0.1, 0.15) is 5.75 Å². The lowest BCUT2D eigenvalue weighted by Crippen LogP contribution is -2.34. The van der Waals surface area contributed by atoms with Crippen LogP contribution in [0.25, 0.3) is 0 Å². The Bertz CT molecular complexity index is 547. The highest BCUT2D eigenvalue weighted by Crippen LogP contribution is 2.26. The number of rotatable bonds is 6. The van der Waals surface area contributed by atoms with Gasteiger partial charge in [-0.05, 0) is 34.5 Å². The average Bonchev–Trinajstić information content (AvgIpc) is 2.40. The van der Waals surface area contributed by atoms with E-state index in [1.807, 2.05) is 0 Å². The highest BCUT2D eigenvalue weighted by atomic mass is 79.9. The maximum Gasteiger partial charge on any atom is 0.325 e. The molecule has 114 valence electrons. The number of ether oxygens (including phenoxy) is 1. The summed E-state index contributed by atoms with van der Waals surface area (Å²) >= 11 is 3.26. The minimum atomic E-state index is -0.979. The number of hydrogen-bond donors (Lipinski definition) is 3. The van der Waals surface area contributed by atoms with Gasteiger partial charge in [-0.3, -0.25) is 14.9 Å². The van der Waals surface area contributed by atoms with Crippen LogP contribution >= 0.6 is 15.9 Å². The molecule has 0 saturated heterocycles. The van der Waals surface area contributed by atoms with Crippen LogP contribution in [-0.4, -0.2) is 30.1 Å². The van der Waals surface area contributed by atoms with E-state index in [0.29, 0.717) is 15.9 Å². The Balaban J connectivity index is 2.50. The van der Waals surface area contributed by atoms with Gasteiger partial charge < -0.3 is 15.2 Å². The molecule has 0 aliphatic heterocycles. The van der Waals surface area contributed by atoms with Crippen molar-refractivity contribution in [3.63, 3.8) is 0 Å². The first-order chi connectivity index (χ1) is 9.92. The molecular weight excluding hydrogens is 344 g/mol. The summed E-state index contributed by atoms with van der Waals surface area (Å²) in [6.45, 7) is 0. The summed E-state index contributed by atoms with van der Waals surface area (Å²) in [6.07, 6.45) is 0.0345. The molecule has 7 nitrogen and oxygen atoms in total. The van der Waals surface area contributed by atoms with Crippen molar-refractivity contribution in [1.29, 1.82) is 0 Å². The van der Waals surface area contributed by atoms with Gasteiger partial charge in [0.25, 0.3) is 0 Å². The second-order valence-corrected chi connectivity index (χ2v) is 4.95. The van der Waals surface area contributed by atoms with Crippen LogP contribution in [0.4, 0.5) is 10.5 Å². The second-order valence-electron chi connectivity index (χ2n) is 4.10. The molecule has 0 unspecified atom stereocenters. The number of nitrogens with one attached hydrogen (secondary N) is 2. The fourth-order valence-electron chi connectivity index (χ4n) is 1.47. The average molecular weight is 359 g/mol. The number of carboxylic acids is 1. The van der Waals surface area contributed by atoms with Crippen LogP contribution in [-0.2, 0) is 9.59 Å². The smallest absolute Gasteiger partial charge is 0.325 e. The molecule has 3 N–H and O–H groups in total. The molecule has 3 amide bonds. The second kappa shape index (κ2) is 8.25. The number of imide groups is 1. The number of aliphatic carboxylic acids is 1. The number of anilines is 1. The maximum absolute atomic E-state index is 11.7. The third kappa shape index (κ3) is 6.26. The van der Waals surface area contributed by atoms with Crippen LogP contribution in [0.2, 0.25) is 0 Å². The summed E-state index contributed by atoms with van der Waals surface area (Å²) in [5.41, 5.74) is 0.449. The number of amides is 3. The summed E-state index contributed by atoms with van der Waals surface area (Å²) in [5.74, 6) is -0.957. The van der Waals surface area contributed by atoms with Gasteiger partial charge in [0.05, 0.1) is 12.8 Å². The lowest BCUT2D eigenvalue weighted by molar-refractivity contribution is -0.137. The zero-order valence-electron chi connectivity index (χ0n) is 11.3. The lowest BCUT2D eigenvalue weighted by Gasteiger charge is -2.09. The van der Waals surface area contributed by atoms with Crippen LogP contribution < -0.4 is 15.4 Å². The molecule has 0 saturated carbocycles. The first kappa shape index (κ1) is 17.0. The van der Waals surface area contributed by atoms with E-state index in [-0.39, 0.29) is 19.3 Å². The maximum atomic E-state index is 11.7. The van der Waals surface area contributed by atoms with E-state index >= 15 is 0 Å². The molecule has 0 radical (unpaired) electrons. The fraction of sp³-hybridized carbons (Fsp3) is 0.308. The molecule has 21 heavy (non-hydrogen) atoms. The summed E-state index contributed by atoms with van der Waals surface area (Å²) < 4.78 is 5.67. The van der Waals surface area contributed by atoms with Gasteiger partial charge >= 0.3 is 12.0 Å². The number of urea groups is 1.